The number of nitriles is 1. The van der Waals surface area contributed by atoms with E-state index < -0.39 is 17.6 Å². The average Bonchev–Trinajstić information content (AvgIpc) is 2.56. The maximum absolute atomic E-state index is 12.7. The lowest BCUT2D eigenvalue weighted by molar-refractivity contribution is -0.137. The molecular weight excluding hydrogens is 481 g/mol. The van der Waals surface area contributed by atoms with Crippen molar-refractivity contribution in [1.82, 2.24) is 0 Å². The number of halogens is 5. The fraction of sp³-hybridized carbons (Fsp3) is 0.0588. The van der Waals surface area contributed by atoms with E-state index in [1.54, 1.807) is 6.07 Å². The van der Waals surface area contributed by atoms with Gasteiger partial charge in [-0.1, -0.05) is 6.07 Å². The highest BCUT2D eigenvalue weighted by Gasteiger charge is 2.30. The molecule has 0 heterocycles. The number of amides is 1. The number of phenolic OH excluding ortho intramolecular Hbond substituents is 1. The molecule has 0 unspecified atom stereocenters. The molecule has 9 heteroatoms. The van der Waals surface area contributed by atoms with E-state index >= 15 is 0 Å². The molecule has 0 radical (unpaired) electrons. The van der Waals surface area contributed by atoms with Crippen LogP contribution in [0.1, 0.15) is 11.1 Å². The zero-order chi connectivity index (χ0) is 19.5. The molecule has 26 heavy (non-hydrogen) atoms. The Kier molecular flexibility index (Phi) is 6.10. The van der Waals surface area contributed by atoms with Crippen LogP contribution in [-0.2, 0) is 11.0 Å². The van der Waals surface area contributed by atoms with Gasteiger partial charge in [0.2, 0.25) is 0 Å². The van der Waals surface area contributed by atoms with Crippen LogP contribution < -0.4 is 5.32 Å². The monoisotopic (exact) mass is 488 g/mol. The molecule has 0 aromatic heterocycles. The molecule has 0 saturated carbocycles. The van der Waals surface area contributed by atoms with Crippen molar-refractivity contribution < 1.29 is 23.1 Å². The van der Waals surface area contributed by atoms with Crippen LogP contribution in [0.4, 0.5) is 18.9 Å². The van der Waals surface area contributed by atoms with Crippen molar-refractivity contribution in [1.29, 1.82) is 5.26 Å². The number of alkyl halides is 3. The Morgan fingerprint density at radius 1 is 1.19 bits per heavy atom. The molecule has 2 aromatic rings. The molecule has 2 rings (SSSR count). The van der Waals surface area contributed by atoms with Gasteiger partial charge < -0.3 is 10.4 Å². The van der Waals surface area contributed by atoms with Gasteiger partial charge in [-0.15, -0.1) is 0 Å². The van der Waals surface area contributed by atoms with Crippen LogP contribution in [0.3, 0.4) is 0 Å². The van der Waals surface area contributed by atoms with E-state index in [9.17, 15) is 28.3 Å². The van der Waals surface area contributed by atoms with E-state index in [4.69, 9.17) is 0 Å². The fourth-order valence-corrected chi connectivity index (χ4v) is 3.18. The molecule has 0 fully saturated rings. The van der Waals surface area contributed by atoms with E-state index in [0.717, 1.165) is 18.2 Å². The number of nitrogens with one attached hydrogen (secondary N) is 1. The number of hydrogen-bond donors (Lipinski definition) is 2. The first-order chi connectivity index (χ1) is 12.1. The van der Waals surface area contributed by atoms with Crippen molar-refractivity contribution in [3.8, 4) is 11.8 Å². The molecule has 0 aliphatic rings. The summed E-state index contributed by atoms with van der Waals surface area (Å²) in [5.74, 6) is -0.902. The molecule has 134 valence electrons. The third kappa shape index (κ3) is 4.86. The van der Waals surface area contributed by atoms with Gasteiger partial charge in [-0.3, -0.25) is 4.79 Å². The highest BCUT2D eigenvalue weighted by molar-refractivity contribution is 9.11. The first kappa shape index (κ1) is 20.0. The van der Waals surface area contributed by atoms with E-state index in [0.29, 0.717) is 14.5 Å². The van der Waals surface area contributed by atoms with Crippen molar-refractivity contribution in [3.63, 3.8) is 0 Å². The number of nitrogens with zero attached hydrogens (tertiary/aromatic N) is 1. The number of carbonyl (C=O) groups is 1. The molecule has 0 spiro atoms. The second-order valence-electron chi connectivity index (χ2n) is 5.04. The Morgan fingerprint density at radius 3 is 2.35 bits per heavy atom. The summed E-state index contributed by atoms with van der Waals surface area (Å²) in [6.45, 7) is 0. The number of benzene rings is 2. The van der Waals surface area contributed by atoms with Crippen LogP contribution in [-0.4, -0.2) is 11.0 Å². The van der Waals surface area contributed by atoms with Gasteiger partial charge in [0.1, 0.15) is 17.4 Å². The summed E-state index contributed by atoms with van der Waals surface area (Å²) >= 11 is 6.25. The first-order valence-electron chi connectivity index (χ1n) is 6.90. The molecule has 1 amide bonds. The third-order valence-corrected chi connectivity index (χ3v) is 4.37. The number of hydrogen-bond acceptors (Lipinski definition) is 3. The Bertz CT molecular complexity index is 911. The molecule has 0 aliphatic heterocycles. The summed E-state index contributed by atoms with van der Waals surface area (Å²) in [4.78, 5) is 12.2. The number of phenols is 1. The second kappa shape index (κ2) is 7.93. The zero-order valence-corrected chi connectivity index (χ0v) is 15.9. The van der Waals surface area contributed by atoms with Gasteiger partial charge >= 0.3 is 6.18 Å². The van der Waals surface area contributed by atoms with Gasteiger partial charge in [-0.25, -0.2) is 0 Å². The van der Waals surface area contributed by atoms with Gasteiger partial charge in [-0.2, -0.15) is 18.4 Å². The van der Waals surface area contributed by atoms with Crippen LogP contribution in [0.2, 0.25) is 0 Å². The molecule has 0 bridgehead atoms. The molecule has 2 aromatic carbocycles. The lowest BCUT2D eigenvalue weighted by atomic mass is 10.1. The van der Waals surface area contributed by atoms with Gasteiger partial charge in [0.15, 0.2) is 0 Å². The van der Waals surface area contributed by atoms with Crippen LogP contribution in [0.5, 0.6) is 5.75 Å². The highest BCUT2D eigenvalue weighted by Crippen LogP contribution is 2.34. The normalized spacial score (nSPS) is 11.8. The highest BCUT2D eigenvalue weighted by atomic mass is 79.9. The number of aromatic hydroxyl groups is 1. The van der Waals surface area contributed by atoms with E-state index in [1.165, 1.54) is 24.3 Å². The summed E-state index contributed by atoms with van der Waals surface area (Å²) < 4.78 is 38.8. The van der Waals surface area contributed by atoms with Crippen molar-refractivity contribution in [2.75, 3.05) is 5.32 Å². The maximum Gasteiger partial charge on any atom is 0.416 e. The Labute approximate surface area is 163 Å². The van der Waals surface area contributed by atoms with Crippen molar-refractivity contribution in [2.24, 2.45) is 0 Å². The quantitative estimate of drug-likeness (QED) is 0.442. The van der Waals surface area contributed by atoms with E-state index in [1.807, 2.05) is 0 Å². The minimum atomic E-state index is -4.54. The van der Waals surface area contributed by atoms with Crippen molar-refractivity contribution in [2.45, 2.75) is 6.18 Å². The summed E-state index contributed by atoms with van der Waals surface area (Å²) in [7, 11) is 0. The lowest BCUT2D eigenvalue weighted by Crippen LogP contribution is -2.14. The van der Waals surface area contributed by atoms with Crippen LogP contribution in [0.25, 0.3) is 6.08 Å². The number of rotatable bonds is 3. The molecule has 0 aliphatic carbocycles. The maximum atomic E-state index is 12.7. The van der Waals surface area contributed by atoms with Crippen LogP contribution in [0.15, 0.2) is 50.9 Å². The van der Waals surface area contributed by atoms with E-state index in [-0.39, 0.29) is 17.0 Å². The topological polar surface area (TPSA) is 73.1 Å². The Morgan fingerprint density at radius 2 is 1.81 bits per heavy atom. The Balaban J connectivity index is 2.29. The minimum absolute atomic E-state index is 0.0472. The molecular formula is C17H9Br2F3N2O2. The predicted octanol–water partition coefficient (Wildman–Crippen LogP) is 5.48. The lowest BCUT2D eigenvalue weighted by Gasteiger charge is -2.09. The van der Waals surface area contributed by atoms with Crippen molar-refractivity contribution >= 4 is 49.5 Å². The van der Waals surface area contributed by atoms with Crippen LogP contribution in [0, 0.1) is 11.3 Å². The summed E-state index contributed by atoms with van der Waals surface area (Å²) in [5, 5.41) is 21.1. The largest absolute Gasteiger partial charge is 0.506 e. The molecule has 4 nitrogen and oxygen atoms in total. The van der Waals surface area contributed by atoms with Gasteiger partial charge in [0, 0.05) is 5.69 Å². The Hall–Kier alpha value is -2.31. The molecule has 2 N–H and O–H groups in total. The summed E-state index contributed by atoms with van der Waals surface area (Å²) in [6.07, 6.45) is -3.29. The third-order valence-electron chi connectivity index (χ3n) is 3.16. The van der Waals surface area contributed by atoms with Crippen molar-refractivity contribution in [3.05, 3.63) is 62.0 Å². The van der Waals surface area contributed by atoms with Gasteiger partial charge in [0.25, 0.3) is 5.91 Å². The smallest absolute Gasteiger partial charge is 0.416 e. The fourth-order valence-electron chi connectivity index (χ4n) is 1.96. The zero-order valence-electron chi connectivity index (χ0n) is 12.7. The first-order valence-corrected chi connectivity index (χ1v) is 8.49. The van der Waals surface area contributed by atoms with Gasteiger partial charge in [0.05, 0.1) is 14.5 Å². The van der Waals surface area contributed by atoms with Crippen LogP contribution >= 0.6 is 31.9 Å². The van der Waals surface area contributed by atoms with E-state index in [2.05, 4.69) is 37.2 Å². The SMILES string of the molecule is N#C/C(=C\c1cc(Br)c(O)c(Br)c1)C(=O)Nc1cccc(C(F)(F)F)c1. The molecule has 0 atom stereocenters. The summed E-state index contributed by atoms with van der Waals surface area (Å²) in [5.41, 5.74) is -0.882. The molecule has 0 saturated heterocycles. The average molecular weight is 490 g/mol. The predicted molar refractivity (Wildman–Crippen MR) is 97.2 cm³/mol. The standard InChI is InChI=1S/C17H9Br2F3N2O2/c18-13-5-9(6-14(19)15(13)25)4-10(8-23)16(26)24-12-3-1-2-11(7-12)17(20,21)22/h1-7,25H,(H,24,26)/b10-4+. The second-order valence-corrected chi connectivity index (χ2v) is 6.74. The van der Waals surface area contributed by atoms with Gasteiger partial charge in [-0.05, 0) is 73.8 Å². The number of anilines is 1. The summed E-state index contributed by atoms with van der Waals surface area (Å²) in [6, 6.07) is 8.76. The number of carbonyl (C=O) groups excluding carboxylic acids is 1. The minimum Gasteiger partial charge on any atom is -0.506 e.